The monoisotopic (exact) mass is 359 g/mol. The van der Waals surface area contributed by atoms with E-state index in [-0.39, 0.29) is 6.29 Å². The van der Waals surface area contributed by atoms with Crippen LogP contribution in [0.4, 0.5) is 5.82 Å². The summed E-state index contributed by atoms with van der Waals surface area (Å²) in [5.41, 5.74) is 2.55. The van der Waals surface area contributed by atoms with Crippen LogP contribution in [0.5, 0.6) is 11.5 Å². The molecule has 1 aromatic heterocycles. The molecule has 0 bridgehead atoms. The molecule has 4 rings (SSSR count). The lowest BCUT2D eigenvalue weighted by Crippen LogP contribution is -2.39. The zero-order valence-electron chi connectivity index (χ0n) is 15.5. The van der Waals surface area contributed by atoms with Gasteiger partial charge in [0.05, 0.1) is 44.2 Å². The van der Waals surface area contributed by atoms with E-state index in [9.17, 15) is 0 Å². The Bertz CT molecular complexity index is 784. The van der Waals surface area contributed by atoms with Gasteiger partial charge in [0, 0.05) is 31.1 Å². The molecule has 26 heavy (non-hydrogen) atoms. The summed E-state index contributed by atoms with van der Waals surface area (Å²) in [5, 5.41) is 0. The second kappa shape index (κ2) is 7.25. The maximum absolute atomic E-state index is 5.67. The molecule has 0 saturated carbocycles. The van der Waals surface area contributed by atoms with Gasteiger partial charge in [-0.05, 0) is 19.8 Å². The number of ether oxygens (including phenoxy) is 4. The van der Waals surface area contributed by atoms with Crippen molar-refractivity contribution < 1.29 is 18.9 Å². The number of nitrogens with zero attached hydrogens (tertiary/aromatic N) is 3. The third-order valence-corrected chi connectivity index (χ3v) is 5.19. The van der Waals surface area contributed by atoms with Crippen LogP contribution >= 0.6 is 0 Å². The highest BCUT2D eigenvalue weighted by Crippen LogP contribution is 2.33. The standard InChI is InChI=1S/C19H25N3O4/c1-12-18(22-6-4-13(5-7-22)19-25-8-9-26-19)21-15-11-17(24-3)16(23-2)10-14(15)20-12/h10-11,13,19H,4-9H2,1-3H3. The Balaban J connectivity index is 1.57. The number of hydrogen-bond acceptors (Lipinski definition) is 7. The minimum Gasteiger partial charge on any atom is -0.493 e. The predicted octanol–water partition coefficient (Wildman–Crippen LogP) is 2.54. The zero-order valence-corrected chi connectivity index (χ0v) is 15.5. The van der Waals surface area contributed by atoms with Gasteiger partial charge < -0.3 is 23.8 Å². The highest BCUT2D eigenvalue weighted by atomic mass is 16.7. The number of anilines is 1. The molecule has 2 saturated heterocycles. The molecule has 3 heterocycles. The largest absolute Gasteiger partial charge is 0.493 e. The Morgan fingerprint density at radius 1 is 0.962 bits per heavy atom. The van der Waals surface area contributed by atoms with Crippen molar-refractivity contribution in [2.24, 2.45) is 5.92 Å². The molecule has 1 aromatic carbocycles. The summed E-state index contributed by atoms with van der Waals surface area (Å²) < 4.78 is 22.1. The molecule has 2 aromatic rings. The highest BCUT2D eigenvalue weighted by molar-refractivity contribution is 5.81. The third kappa shape index (κ3) is 3.17. The quantitative estimate of drug-likeness (QED) is 0.831. The first-order valence-corrected chi connectivity index (χ1v) is 9.08. The molecule has 0 radical (unpaired) electrons. The average molecular weight is 359 g/mol. The number of rotatable bonds is 4. The number of benzene rings is 1. The van der Waals surface area contributed by atoms with E-state index >= 15 is 0 Å². The first-order valence-electron chi connectivity index (χ1n) is 9.08. The zero-order chi connectivity index (χ0) is 18.1. The van der Waals surface area contributed by atoms with Crippen molar-refractivity contribution in [2.45, 2.75) is 26.1 Å². The summed E-state index contributed by atoms with van der Waals surface area (Å²) in [6, 6.07) is 3.76. The Labute approximate surface area is 153 Å². The van der Waals surface area contributed by atoms with Crippen LogP contribution in [0.15, 0.2) is 12.1 Å². The Morgan fingerprint density at radius 2 is 1.54 bits per heavy atom. The van der Waals surface area contributed by atoms with Crippen LogP contribution in [-0.4, -0.2) is 56.8 Å². The van der Waals surface area contributed by atoms with E-state index in [0.29, 0.717) is 30.6 Å². The van der Waals surface area contributed by atoms with Crippen molar-refractivity contribution in [1.29, 1.82) is 0 Å². The van der Waals surface area contributed by atoms with Crippen LogP contribution in [0.2, 0.25) is 0 Å². The van der Waals surface area contributed by atoms with Gasteiger partial charge in [0.25, 0.3) is 0 Å². The first kappa shape index (κ1) is 17.3. The van der Waals surface area contributed by atoms with Crippen molar-refractivity contribution in [1.82, 2.24) is 9.97 Å². The van der Waals surface area contributed by atoms with E-state index in [4.69, 9.17) is 28.9 Å². The van der Waals surface area contributed by atoms with E-state index in [0.717, 1.165) is 48.5 Å². The SMILES string of the molecule is COc1cc2nc(C)c(N3CCC(C4OCCO4)CC3)nc2cc1OC. The number of aryl methyl sites for hydroxylation is 1. The highest BCUT2D eigenvalue weighted by Gasteiger charge is 2.31. The fourth-order valence-electron chi connectivity index (χ4n) is 3.79. The molecule has 2 aliphatic rings. The van der Waals surface area contributed by atoms with Crippen LogP contribution in [0.3, 0.4) is 0 Å². The molecule has 0 atom stereocenters. The average Bonchev–Trinajstić information content (AvgIpc) is 3.21. The van der Waals surface area contributed by atoms with Crippen LogP contribution < -0.4 is 14.4 Å². The molecule has 0 N–H and O–H groups in total. The minimum absolute atomic E-state index is 0.0299. The molecule has 0 amide bonds. The van der Waals surface area contributed by atoms with Crippen LogP contribution in [0, 0.1) is 12.8 Å². The number of fused-ring (bicyclic) bond motifs is 1. The van der Waals surface area contributed by atoms with Gasteiger partial charge in [0.2, 0.25) is 0 Å². The van der Waals surface area contributed by atoms with Crippen molar-refractivity contribution in [3.63, 3.8) is 0 Å². The molecular formula is C19H25N3O4. The molecule has 0 aliphatic carbocycles. The van der Waals surface area contributed by atoms with Crippen LogP contribution in [0.25, 0.3) is 11.0 Å². The van der Waals surface area contributed by atoms with Crippen molar-refractivity contribution in [2.75, 3.05) is 45.4 Å². The fraction of sp³-hybridized carbons (Fsp3) is 0.579. The summed E-state index contributed by atoms with van der Waals surface area (Å²) >= 11 is 0. The summed E-state index contributed by atoms with van der Waals surface area (Å²) in [7, 11) is 3.25. The Kier molecular flexibility index (Phi) is 4.82. The summed E-state index contributed by atoms with van der Waals surface area (Å²) in [6.07, 6.45) is 2.04. The molecule has 0 unspecified atom stereocenters. The second-order valence-electron chi connectivity index (χ2n) is 6.76. The lowest BCUT2D eigenvalue weighted by atomic mass is 9.96. The maximum Gasteiger partial charge on any atom is 0.163 e. The van der Waals surface area contributed by atoms with Gasteiger partial charge >= 0.3 is 0 Å². The number of piperidine rings is 1. The van der Waals surface area contributed by atoms with Gasteiger partial charge in [-0.1, -0.05) is 0 Å². The number of methoxy groups -OCH3 is 2. The van der Waals surface area contributed by atoms with Gasteiger partial charge in [-0.2, -0.15) is 0 Å². The van der Waals surface area contributed by atoms with Crippen LogP contribution in [-0.2, 0) is 9.47 Å². The first-order chi connectivity index (χ1) is 12.7. The molecule has 0 spiro atoms. The Morgan fingerprint density at radius 3 is 2.12 bits per heavy atom. The summed E-state index contributed by atoms with van der Waals surface area (Å²) in [6.45, 7) is 5.30. The van der Waals surface area contributed by atoms with E-state index in [2.05, 4.69) is 4.90 Å². The number of aromatic nitrogens is 2. The van der Waals surface area contributed by atoms with E-state index in [1.165, 1.54) is 0 Å². The van der Waals surface area contributed by atoms with Crippen molar-refractivity contribution in [3.8, 4) is 11.5 Å². The van der Waals surface area contributed by atoms with Gasteiger partial charge in [0.15, 0.2) is 23.6 Å². The number of hydrogen-bond donors (Lipinski definition) is 0. The summed E-state index contributed by atoms with van der Waals surface area (Å²) in [4.78, 5) is 11.9. The van der Waals surface area contributed by atoms with E-state index in [1.54, 1.807) is 14.2 Å². The van der Waals surface area contributed by atoms with Crippen LogP contribution in [0.1, 0.15) is 18.5 Å². The van der Waals surface area contributed by atoms with Crippen molar-refractivity contribution >= 4 is 16.9 Å². The fourth-order valence-corrected chi connectivity index (χ4v) is 3.79. The lowest BCUT2D eigenvalue weighted by molar-refractivity contribution is -0.0889. The van der Waals surface area contributed by atoms with Crippen molar-refractivity contribution in [3.05, 3.63) is 17.8 Å². The van der Waals surface area contributed by atoms with E-state index < -0.39 is 0 Å². The second-order valence-corrected chi connectivity index (χ2v) is 6.76. The molecule has 7 nitrogen and oxygen atoms in total. The minimum atomic E-state index is -0.0299. The van der Waals surface area contributed by atoms with E-state index in [1.807, 2.05) is 19.1 Å². The van der Waals surface area contributed by atoms with Gasteiger partial charge in [-0.25, -0.2) is 9.97 Å². The summed E-state index contributed by atoms with van der Waals surface area (Å²) in [5.74, 6) is 2.74. The lowest BCUT2D eigenvalue weighted by Gasteiger charge is -2.35. The Hall–Kier alpha value is -2.12. The topological polar surface area (TPSA) is 65.9 Å². The third-order valence-electron chi connectivity index (χ3n) is 5.19. The van der Waals surface area contributed by atoms with Gasteiger partial charge in [-0.3, -0.25) is 0 Å². The van der Waals surface area contributed by atoms with Gasteiger partial charge in [-0.15, -0.1) is 0 Å². The van der Waals surface area contributed by atoms with Gasteiger partial charge in [0.1, 0.15) is 0 Å². The maximum atomic E-state index is 5.67. The molecule has 2 fully saturated rings. The predicted molar refractivity (Wildman–Crippen MR) is 98.0 cm³/mol. The molecule has 7 heteroatoms. The molecular weight excluding hydrogens is 334 g/mol. The normalized spacial score (nSPS) is 19.3. The smallest absolute Gasteiger partial charge is 0.163 e. The molecule has 140 valence electrons. The molecule has 2 aliphatic heterocycles.